The fraction of sp³-hybridized carbons (Fsp3) is 0.375. The highest BCUT2D eigenvalue weighted by Gasteiger charge is 2.15. The molecule has 0 aliphatic heterocycles. The molecule has 2 aromatic rings. The lowest BCUT2D eigenvalue weighted by atomic mass is 10.1. The molecule has 1 N–H and O–H groups in total. The molecule has 0 saturated heterocycles. The van der Waals surface area contributed by atoms with Gasteiger partial charge in [0, 0.05) is 17.0 Å². The van der Waals surface area contributed by atoms with Gasteiger partial charge in [-0.05, 0) is 42.0 Å². The molecular weight excluding hydrogens is 273 g/mol. The minimum Gasteiger partial charge on any atom is -0.298 e. The van der Waals surface area contributed by atoms with Crippen LogP contribution in [0, 0.1) is 5.82 Å². The van der Waals surface area contributed by atoms with E-state index in [1.165, 1.54) is 18.9 Å². The fourth-order valence-electron chi connectivity index (χ4n) is 2.55. The second-order valence-electron chi connectivity index (χ2n) is 5.14. The van der Waals surface area contributed by atoms with Gasteiger partial charge in [0.05, 0.1) is 6.10 Å². The highest BCUT2D eigenvalue weighted by molar-refractivity contribution is 7.13. The monoisotopic (exact) mass is 291 g/mol. The van der Waals surface area contributed by atoms with E-state index in [0.717, 1.165) is 23.3 Å². The molecule has 20 heavy (non-hydrogen) atoms. The van der Waals surface area contributed by atoms with E-state index in [2.05, 4.69) is 5.48 Å². The van der Waals surface area contributed by atoms with E-state index in [1.54, 1.807) is 17.4 Å². The SMILES string of the molecule is Fc1ccc(CNOC2CCCC2)cc1-c1cccs1. The Bertz CT molecular complexity index is 550. The average molecular weight is 291 g/mol. The van der Waals surface area contributed by atoms with E-state index < -0.39 is 0 Å². The Kier molecular flexibility index (Phi) is 4.45. The Morgan fingerprint density at radius 3 is 2.85 bits per heavy atom. The van der Waals surface area contributed by atoms with Crippen LogP contribution in [0.4, 0.5) is 4.39 Å². The van der Waals surface area contributed by atoms with E-state index >= 15 is 0 Å². The normalized spacial score (nSPS) is 15.8. The molecule has 0 atom stereocenters. The summed E-state index contributed by atoms with van der Waals surface area (Å²) in [6, 6.07) is 9.11. The molecule has 4 heteroatoms. The van der Waals surface area contributed by atoms with Crippen molar-refractivity contribution < 1.29 is 9.23 Å². The predicted octanol–water partition coefficient (Wildman–Crippen LogP) is 4.52. The van der Waals surface area contributed by atoms with Crippen LogP contribution in [-0.4, -0.2) is 6.10 Å². The third-order valence-electron chi connectivity index (χ3n) is 3.65. The van der Waals surface area contributed by atoms with Crippen molar-refractivity contribution in [3.05, 3.63) is 47.1 Å². The summed E-state index contributed by atoms with van der Waals surface area (Å²) in [5.41, 5.74) is 4.72. The Labute approximate surface area is 122 Å². The zero-order chi connectivity index (χ0) is 13.8. The van der Waals surface area contributed by atoms with Crippen LogP contribution >= 0.6 is 11.3 Å². The molecular formula is C16H18FNOS. The minimum absolute atomic E-state index is 0.173. The van der Waals surface area contributed by atoms with E-state index in [-0.39, 0.29) is 5.82 Å². The quantitative estimate of drug-likeness (QED) is 0.818. The number of hydrogen-bond acceptors (Lipinski definition) is 3. The maximum atomic E-state index is 13.9. The maximum Gasteiger partial charge on any atom is 0.131 e. The lowest BCUT2D eigenvalue weighted by molar-refractivity contribution is -0.0244. The van der Waals surface area contributed by atoms with Crippen LogP contribution < -0.4 is 5.48 Å². The van der Waals surface area contributed by atoms with E-state index in [0.29, 0.717) is 18.2 Å². The minimum atomic E-state index is -0.173. The molecule has 0 radical (unpaired) electrons. The highest BCUT2D eigenvalue weighted by Crippen LogP contribution is 2.28. The number of hydrogen-bond donors (Lipinski definition) is 1. The third kappa shape index (κ3) is 3.26. The number of nitrogens with one attached hydrogen (secondary N) is 1. The number of rotatable bonds is 5. The zero-order valence-corrected chi connectivity index (χ0v) is 12.1. The molecule has 1 aliphatic rings. The smallest absolute Gasteiger partial charge is 0.131 e. The van der Waals surface area contributed by atoms with E-state index in [9.17, 15) is 4.39 Å². The van der Waals surface area contributed by atoms with Crippen LogP contribution in [0.2, 0.25) is 0 Å². The Balaban J connectivity index is 1.63. The fourth-order valence-corrected chi connectivity index (χ4v) is 3.30. The van der Waals surface area contributed by atoms with Gasteiger partial charge < -0.3 is 0 Å². The summed E-state index contributed by atoms with van der Waals surface area (Å²) >= 11 is 1.55. The summed E-state index contributed by atoms with van der Waals surface area (Å²) in [6.45, 7) is 0.606. The standard InChI is InChI=1S/C16H18FNOS/c17-15-8-7-12(10-14(15)16-6-3-9-20-16)11-18-19-13-4-1-2-5-13/h3,6-10,13,18H,1-2,4-5,11H2. The molecule has 1 heterocycles. The topological polar surface area (TPSA) is 21.3 Å². The van der Waals surface area contributed by atoms with Gasteiger partial charge in [-0.25, -0.2) is 4.39 Å². The number of benzene rings is 1. The van der Waals surface area contributed by atoms with Gasteiger partial charge in [0.25, 0.3) is 0 Å². The van der Waals surface area contributed by atoms with Crippen LogP contribution in [0.1, 0.15) is 31.2 Å². The van der Waals surface area contributed by atoms with Gasteiger partial charge in [0.2, 0.25) is 0 Å². The molecule has 3 rings (SSSR count). The molecule has 106 valence electrons. The van der Waals surface area contributed by atoms with E-state index in [1.807, 2.05) is 23.6 Å². The number of thiophene rings is 1. The van der Waals surface area contributed by atoms with Gasteiger partial charge in [-0.2, -0.15) is 5.48 Å². The Morgan fingerprint density at radius 1 is 1.25 bits per heavy atom. The van der Waals surface area contributed by atoms with Crippen molar-refractivity contribution >= 4 is 11.3 Å². The van der Waals surface area contributed by atoms with Crippen molar-refractivity contribution in [3.63, 3.8) is 0 Å². The average Bonchev–Trinajstić information content (AvgIpc) is 3.13. The lowest BCUT2D eigenvalue weighted by Crippen LogP contribution is -2.21. The van der Waals surface area contributed by atoms with Gasteiger partial charge in [-0.1, -0.05) is 25.0 Å². The molecule has 1 aromatic heterocycles. The van der Waals surface area contributed by atoms with Crippen molar-refractivity contribution in [1.82, 2.24) is 5.48 Å². The van der Waals surface area contributed by atoms with Crippen molar-refractivity contribution in [1.29, 1.82) is 0 Å². The Hall–Kier alpha value is -1.23. The number of hydroxylamine groups is 1. The first kappa shape index (κ1) is 13.7. The van der Waals surface area contributed by atoms with E-state index in [4.69, 9.17) is 4.84 Å². The maximum absolute atomic E-state index is 13.9. The van der Waals surface area contributed by atoms with Gasteiger partial charge >= 0.3 is 0 Å². The molecule has 0 unspecified atom stereocenters. The number of halogens is 1. The van der Waals surface area contributed by atoms with Crippen molar-refractivity contribution in [3.8, 4) is 10.4 Å². The molecule has 0 spiro atoms. The summed E-state index contributed by atoms with van der Waals surface area (Å²) in [6.07, 6.45) is 5.12. The second-order valence-corrected chi connectivity index (χ2v) is 6.08. The lowest BCUT2D eigenvalue weighted by Gasteiger charge is -2.12. The summed E-state index contributed by atoms with van der Waals surface area (Å²) in [4.78, 5) is 6.59. The predicted molar refractivity (Wildman–Crippen MR) is 79.9 cm³/mol. The summed E-state index contributed by atoms with van der Waals surface area (Å²) in [5, 5.41) is 1.96. The largest absolute Gasteiger partial charge is 0.298 e. The van der Waals surface area contributed by atoms with Crippen LogP contribution in [0.3, 0.4) is 0 Å². The summed E-state index contributed by atoms with van der Waals surface area (Å²) in [7, 11) is 0. The van der Waals surface area contributed by atoms with Crippen molar-refractivity contribution in [2.24, 2.45) is 0 Å². The van der Waals surface area contributed by atoms with Crippen LogP contribution in [0.5, 0.6) is 0 Å². The first-order chi connectivity index (χ1) is 9.83. The second kappa shape index (κ2) is 6.48. The summed E-state index contributed by atoms with van der Waals surface area (Å²) in [5.74, 6) is -0.173. The molecule has 2 nitrogen and oxygen atoms in total. The Morgan fingerprint density at radius 2 is 2.10 bits per heavy atom. The van der Waals surface area contributed by atoms with Crippen molar-refractivity contribution in [2.45, 2.75) is 38.3 Å². The van der Waals surface area contributed by atoms with Gasteiger partial charge in [-0.15, -0.1) is 11.3 Å². The van der Waals surface area contributed by atoms with Gasteiger partial charge in [-0.3, -0.25) is 4.84 Å². The van der Waals surface area contributed by atoms with Crippen LogP contribution in [0.25, 0.3) is 10.4 Å². The van der Waals surface area contributed by atoms with Crippen LogP contribution in [-0.2, 0) is 11.4 Å². The molecule has 1 aliphatic carbocycles. The van der Waals surface area contributed by atoms with Gasteiger partial charge in [0.15, 0.2) is 0 Å². The molecule has 0 bridgehead atoms. The molecule has 1 saturated carbocycles. The summed E-state index contributed by atoms with van der Waals surface area (Å²) < 4.78 is 13.9. The molecule has 1 fully saturated rings. The first-order valence-electron chi connectivity index (χ1n) is 7.04. The highest BCUT2D eigenvalue weighted by atomic mass is 32.1. The third-order valence-corrected chi connectivity index (χ3v) is 4.55. The molecule has 1 aromatic carbocycles. The van der Waals surface area contributed by atoms with Gasteiger partial charge in [0.1, 0.15) is 5.82 Å². The van der Waals surface area contributed by atoms with Crippen LogP contribution in [0.15, 0.2) is 35.7 Å². The molecule has 0 amide bonds. The zero-order valence-electron chi connectivity index (χ0n) is 11.3. The first-order valence-corrected chi connectivity index (χ1v) is 7.92. The van der Waals surface area contributed by atoms with Crippen molar-refractivity contribution in [2.75, 3.05) is 0 Å².